The molecule has 1 aliphatic rings. The van der Waals surface area contributed by atoms with Crippen LogP contribution in [0.5, 0.6) is 0 Å². The van der Waals surface area contributed by atoms with Crippen LogP contribution < -0.4 is 15.8 Å². The summed E-state index contributed by atoms with van der Waals surface area (Å²) in [5.41, 5.74) is 1.42. The average Bonchev–Trinajstić information content (AvgIpc) is 3.13. The van der Waals surface area contributed by atoms with Gasteiger partial charge in [0.1, 0.15) is 5.56 Å². The number of carbonyl (C=O) groups is 1. The maximum Gasteiger partial charge on any atom is 0.271 e. The van der Waals surface area contributed by atoms with E-state index in [1.54, 1.807) is 11.6 Å². The summed E-state index contributed by atoms with van der Waals surface area (Å²) in [6, 6.07) is 7.73. The maximum absolute atomic E-state index is 12.7. The molecule has 0 bridgehead atoms. The number of piperidine rings is 1. The van der Waals surface area contributed by atoms with Gasteiger partial charge in [0, 0.05) is 30.9 Å². The van der Waals surface area contributed by atoms with Gasteiger partial charge in [-0.05, 0) is 31.4 Å². The molecule has 1 aliphatic heterocycles. The van der Waals surface area contributed by atoms with E-state index in [2.05, 4.69) is 15.2 Å². The predicted molar refractivity (Wildman–Crippen MR) is 99.8 cm³/mol. The monoisotopic (exact) mass is 354 g/mol. The van der Waals surface area contributed by atoms with Gasteiger partial charge in [0.05, 0.1) is 11.4 Å². The first-order valence-electron chi connectivity index (χ1n) is 8.34. The number of benzene rings is 1. The third kappa shape index (κ3) is 3.02. The lowest BCUT2D eigenvalue weighted by Crippen LogP contribution is -2.31. The molecule has 0 aliphatic carbocycles. The van der Waals surface area contributed by atoms with Crippen molar-refractivity contribution in [1.82, 2.24) is 9.38 Å². The van der Waals surface area contributed by atoms with E-state index in [4.69, 9.17) is 0 Å². The SMILES string of the molecule is O=C(Nc1ccccc1N1CCCCC1)c1cnc2sccn2c1=O. The molecule has 0 radical (unpaired) electrons. The van der Waals surface area contributed by atoms with Crippen molar-refractivity contribution in [2.24, 2.45) is 0 Å². The lowest BCUT2D eigenvalue weighted by atomic mass is 10.1. The second kappa shape index (κ2) is 6.68. The minimum Gasteiger partial charge on any atom is -0.370 e. The standard InChI is InChI=1S/C18H18N4O2S/c23-16(13-12-19-18-22(17(13)24)10-11-25-18)20-14-6-2-3-7-15(14)21-8-4-1-5-9-21/h2-3,6-7,10-12H,1,4-5,8-9H2,(H,20,23). The normalized spacial score (nSPS) is 14.6. The number of aromatic nitrogens is 2. The molecule has 0 saturated carbocycles. The molecule has 1 saturated heterocycles. The number of nitrogens with zero attached hydrogens (tertiary/aromatic N) is 3. The van der Waals surface area contributed by atoms with Crippen molar-refractivity contribution in [1.29, 1.82) is 0 Å². The topological polar surface area (TPSA) is 66.7 Å². The number of hydrogen-bond donors (Lipinski definition) is 1. The number of nitrogens with one attached hydrogen (secondary N) is 1. The summed E-state index contributed by atoms with van der Waals surface area (Å²) in [6.45, 7) is 1.97. The quantitative estimate of drug-likeness (QED) is 0.785. The number of hydrogen-bond acceptors (Lipinski definition) is 5. The smallest absolute Gasteiger partial charge is 0.271 e. The zero-order valence-corrected chi connectivity index (χ0v) is 14.5. The van der Waals surface area contributed by atoms with E-state index < -0.39 is 5.91 Å². The zero-order chi connectivity index (χ0) is 17.2. The third-order valence-electron chi connectivity index (χ3n) is 4.44. The Morgan fingerprint density at radius 2 is 1.96 bits per heavy atom. The fourth-order valence-corrected chi connectivity index (χ4v) is 3.84. The van der Waals surface area contributed by atoms with Crippen LogP contribution in [0.25, 0.3) is 4.96 Å². The molecule has 1 N–H and O–H groups in total. The van der Waals surface area contributed by atoms with Gasteiger partial charge in [-0.25, -0.2) is 4.98 Å². The van der Waals surface area contributed by atoms with Gasteiger partial charge in [-0.1, -0.05) is 12.1 Å². The Hall–Kier alpha value is -2.67. The molecule has 1 aromatic carbocycles. The highest BCUT2D eigenvalue weighted by Crippen LogP contribution is 2.28. The highest BCUT2D eigenvalue weighted by atomic mass is 32.1. The molecule has 0 spiro atoms. The Kier molecular flexibility index (Phi) is 4.23. The molecule has 3 aromatic rings. The summed E-state index contributed by atoms with van der Waals surface area (Å²) in [7, 11) is 0. The van der Waals surface area contributed by atoms with Crippen molar-refractivity contribution >= 4 is 33.6 Å². The summed E-state index contributed by atoms with van der Waals surface area (Å²) >= 11 is 1.36. The van der Waals surface area contributed by atoms with Gasteiger partial charge >= 0.3 is 0 Å². The number of anilines is 2. The van der Waals surface area contributed by atoms with Gasteiger partial charge < -0.3 is 10.2 Å². The van der Waals surface area contributed by atoms with Crippen LogP contribution in [-0.2, 0) is 0 Å². The Morgan fingerprint density at radius 1 is 1.16 bits per heavy atom. The lowest BCUT2D eigenvalue weighted by molar-refractivity contribution is 0.102. The first-order chi connectivity index (χ1) is 12.2. The zero-order valence-electron chi connectivity index (χ0n) is 13.6. The molecule has 3 heterocycles. The second-order valence-electron chi connectivity index (χ2n) is 6.05. The van der Waals surface area contributed by atoms with Crippen LogP contribution in [0.4, 0.5) is 11.4 Å². The molecular formula is C18H18N4O2S. The van der Waals surface area contributed by atoms with Crippen molar-refractivity contribution in [3.8, 4) is 0 Å². The maximum atomic E-state index is 12.7. The second-order valence-corrected chi connectivity index (χ2v) is 6.92. The number of thiazole rings is 1. The van der Waals surface area contributed by atoms with Crippen molar-refractivity contribution in [3.05, 3.63) is 58.0 Å². The van der Waals surface area contributed by atoms with Gasteiger partial charge in [0.25, 0.3) is 11.5 Å². The van der Waals surface area contributed by atoms with Gasteiger partial charge in [-0.2, -0.15) is 0 Å². The number of rotatable bonds is 3. The van der Waals surface area contributed by atoms with Crippen LogP contribution in [-0.4, -0.2) is 28.4 Å². The predicted octanol–water partition coefficient (Wildman–Crippen LogP) is 3.00. The number of amides is 1. The Bertz CT molecular complexity index is 972. The number of para-hydroxylation sites is 2. The van der Waals surface area contributed by atoms with Crippen molar-refractivity contribution in [2.75, 3.05) is 23.3 Å². The first kappa shape index (κ1) is 15.8. The van der Waals surface area contributed by atoms with Crippen LogP contribution in [0.15, 0.2) is 46.8 Å². The van der Waals surface area contributed by atoms with Crippen LogP contribution in [0.1, 0.15) is 29.6 Å². The molecule has 4 rings (SSSR count). The molecule has 1 fully saturated rings. The highest BCUT2D eigenvalue weighted by molar-refractivity contribution is 7.15. The van der Waals surface area contributed by atoms with Gasteiger partial charge in [0.15, 0.2) is 4.96 Å². The van der Waals surface area contributed by atoms with E-state index in [9.17, 15) is 9.59 Å². The summed E-state index contributed by atoms with van der Waals surface area (Å²) in [5.74, 6) is -0.428. The molecule has 128 valence electrons. The highest BCUT2D eigenvalue weighted by Gasteiger charge is 2.18. The third-order valence-corrected chi connectivity index (χ3v) is 5.21. The molecule has 6 nitrogen and oxygen atoms in total. The van der Waals surface area contributed by atoms with Crippen molar-refractivity contribution < 1.29 is 4.79 Å². The van der Waals surface area contributed by atoms with E-state index in [0.717, 1.165) is 37.3 Å². The van der Waals surface area contributed by atoms with E-state index in [0.29, 0.717) is 4.96 Å². The lowest BCUT2D eigenvalue weighted by Gasteiger charge is -2.30. The van der Waals surface area contributed by atoms with Crippen LogP contribution in [0.3, 0.4) is 0 Å². The van der Waals surface area contributed by atoms with Crippen molar-refractivity contribution in [2.45, 2.75) is 19.3 Å². The minimum atomic E-state index is -0.428. The molecule has 1 amide bonds. The fourth-order valence-electron chi connectivity index (χ4n) is 3.16. The molecule has 0 unspecified atom stereocenters. The number of fused-ring (bicyclic) bond motifs is 1. The van der Waals surface area contributed by atoms with Gasteiger partial charge in [0.2, 0.25) is 0 Å². The molecule has 7 heteroatoms. The van der Waals surface area contributed by atoms with Crippen molar-refractivity contribution in [3.63, 3.8) is 0 Å². The minimum absolute atomic E-state index is 0.0457. The van der Waals surface area contributed by atoms with Gasteiger partial charge in [-0.15, -0.1) is 11.3 Å². The van der Waals surface area contributed by atoms with E-state index in [1.165, 1.54) is 28.4 Å². The molecule has 25 heavy (non-hydrogen) atoms. The average molecular weight is 354 g/mol. The largest absolute Gasteiger partial charge is 0.370 e. The number of carbonyl (C=O) groups excluding carboxylic acids is 1. The van der Waals surface area contributed by atoms with E-state index in [-0.39, 0.29) is 11.1 Å². The first-order valence-corrected chi connectivity index (χ1v) is 9.22. The summed E-state index contributed by atoms with van der Waals surface area (Å²) in [4.78, 5) is 32.2. The van der Waals surface area contributed by atoms with Crippen LogP contribution >= 0.6 is 11.3 Å². The molecule has 0 atom stereocenters. The van der Waals surface area contributed by atoms with Crippen LogP contribution in [0.2, 0.25) is 0 Å². The summed E-state index contributed by atoms with van der Waals surface area (Å²) in [6.07, 6.45) is 6.54. The van der Waals surface area contributed by atoms with Gasteiger partial charge in [-0.3, -0.25) is 14.0 Å². The molecule has 2 aromatic heterocycles. The Morgan fingerprint density at radius 3 is 2.80 bits per heavy atom. The summed E-state index contributed by atoms with van der Waals surface area (Å²) < 4.78 is 1.40. The molecular weight excluding hydrogens is 336 g/mol. The van der Waals surface area contributed by atoms with Crippen LogP contribution in [0, 0.1) is 0 Å². The Labute approximate surface area is 148 Å². The Balaban J connectivity index is 1.64. The summed E-state index contributed by atoms with van der Waals surface area (Å²) in [5, 5.41) is 4.67. The van der Waals surface area contributed by atoms with E-state index >= 15 is 0 Å². The fraction of sp³-hybridized carbons (Fsp3) is 0.278. The van der Waals surface area contributed by atoms with E-state index in [1.807, 2.05) is 24.3 Å².